The van der Waals surface area contributed by atoms with Gasteiger partial charge in [0.15, 0.2) is 5.82 Å². The van der Waals surface area contributed by atoms with Gasteiger partial charge in [-0.1, -0.05) is 50.1 Å². The molecule has 1 saturated heterocycles. The smallest absolute Gasteiger partial charge is 0.280 e. The van der Waals surface area contributed by atoms with Gasteiger partial charge in [-0.3, -0.25) is 9.59 Å². The van der Waals surface area contributed by atoms with Gasteiger partial charge in [-0.25, -0.2) is 9.67 Å². The summed E-state index contributed by atoms with van der Waals surface area (Å²) in [4.78, 5) is 30.0. The molecule has 2 aromatic heterocycles. The Kier molecular flexibility index (Phi) is 6.81. The molecule has 3 aromatic rings. The Bertz CT molecular complexity index is 1110. The van der Waals surface area contributed by atoms with E-state index >= 15 is 0 Å². The number of benzene rings is 1. The number of unbranched alkanes of at least 4 members (excludes halogenated alkanes) is 1. The number of aromatic nitrogens is 3. The predicted octanol–water partition coefficient (Wildman–Crippen LogP) is 2.45. The number of carbonyl (C=O) groups is 2. The molecule has 2 amide bonds. The third-order valence-electron chi connectivity index (χ3n) is 5.61. The van der Waals surface area contributed by atoms with Gasteiger partial charge < -0.3 is 20.5 Å². The van der Waals surface area contributed by atoms with Crippen molar-refractivity contribution in [2.45, 2.75) is 38.0 Å². The molecule has 3 heterocycles. The summed E-state index contributed by atoms with van der Waals surface area (Å²) in [5.41, 5.74) is 7.84. The topological polar surface area (TPSA) is 121 Å². The maximum atomic E-state index is 13.4. The number of amides is 2. The highest BCUT2D eigenvalue weighted by Crippen LogP contribution is 2.27. The highest BCUT2D eigenvalue weighted by Gasteiger charge is 2.50. The van der Waals surface area contributed by atoms with Crippen LogP contribution < -0.4 is 11.1 Å². The van der Waals surface area contributed by atoms with Crippen LogP contribution in [0.4, 0.5) is 0 Å². The Balaban J connectivity index is 1.62. The van der Waals surface area contributed by atoms with Crippen LogP contribution in [0.1, 0.15) is 36.5 Å². The quantitative estimate of drug-likeness (QED) is 0.518. The number of carbonyl (C=O) groups excluding carboxylic acids is 2. The van der Waals surface area contributed by atoms with Crippen LogP contribution in [0.15, 0.2) is 61.1 Å². The normalized spacial score (nSPS) is 15.8. The van der Waals surface area contributed by atoms with E-state index in [1.54, 1.807) is 29.2 Å². The first kappa shape index (κ1) is 22.6. The van der Waals surface area contributed by atoms with Crippen LogP contribution in [0, 0.1) is 0 Å². The van der Waals surface area contributed by atoms with Crippen molar-refractivity contribution in [2.24, 2.45) is 5.73 Å². The number of hydrogen-bond donors (Lipinski definition) is 2. The van der Waals surface area contributed by atoms with Crippen molar-refractivity contribution >= 4 is 11.8 Å². The molecule has 4 rings (SSSR count). The maximum absolute atomic E-state index is 13.4. The van der Waals surface area contributed by atoms with Gasteiger partial charge in [0.05, 0.1) is 31.0 Å². The monoisotopic (exact) mass is 449 g/mol. The lowest BCUT2D eigenvalue weighted by atomic mass is 9.99. The Morgan fingerprint density at radius 2 is 1.91 bits per heavy atom. The standard InChI is InChI=1S/C24H27N5O4/c1-2-3-11-20(24(23(25)31)32-13-14-33-24)28-22(30)19-10-7-12-26-21(19)29-16-18(15-27-29)17-8-5-4-6-9-17/h4-10,12,15-16,20H,2-3,11,13-14H2,1H3,(H2,25,31)(H,28,30). The van der Waals surface area contributed by atoms with Gasteiger partial charge in [-0.15, -0.1) is 0 Å². The van der Waals surface area contributed by atoms with Crippen molar-refractivity contribution in [2.75, 3.05) is 13.2 Å². The number of pyridine rings is 1. The molecule has 1 fully saturated rings. The molecule has 1 unspecified atom stereocenters. The van der Waals surface area contributed by atoms with Crippen LogP contribution in [-0.4, -0.2) is 51.6 Å². The second-order valence-corrected chi connectivity index (χ2v) is 7.81. The van der Waals surface area contributed by atoms with E-state index in [-0.39, 0.29) is 13.2 Å². The van der Waals surface area contributed by atoms with Crippen molar-refractivity contribution < 1.29 is 19.1 Å². The van der Waals surface area contributed by atoms with Crippen LogP contribution in [0.2, 0.25) is 0 Å². The van der Waals surface area contributed by atoms with Crippen molar-refractivity contribution in [3.8, 4) is 16.9 Å². The molecule has 1 aliphatic rings. The molecular formula is C24H27N5O4. The minimum absolute atomic E-state index is 0.231. The third-order valence-corrected chi connectivity index (χ3v) is 5.61. The van der Waals surface area contributed by atoms with Crippen molar-refractivity contribution in [3.05, 3.63) is 66.6 Å². The largest absolute Gasteiger partial charge is 0.365 e. The average molecular weight is 450 g/mol. The lowest BCUT2D eigenvalue weighted by molar-refractivity contribution is -0.190. The van der Waals surface area contributed by atoms with E-state index < -0.39 is 23.6 Å². The molecule has 0 aliphatic carbocycles. The van der Waals surface area contributed by atoms with Gasteiger partial charge in [0.2, 0.25) is 0 Å². The zero-order valence-corrected chi connectivity index (χ0v) is 18.4. The van der Waals surface area contributed by atoms with Crippen LogP contribution in [0.5, 0.6) is 0 Å². The number of rotatable bonds is 9. The molecule has 0 bridgehead atoms. The van der Waals surface area contributed by atoms with Gasteiger partial charge in [0.1, 0.15) is 0 Å². The molecule has 172 valence electrons. The summed E-state index contributed by atoms with van der Waals surface area (Å²) in [7, 11) is 0. The Morgan fingerprint density at radius 3 is 2.61 bits per heavy atom. The first-order valence-electron chi connectivity index (χ1n) is 11.0. The first-order valence-corrected chi connectivity index (χ1v) is 11.0. The summed E-state index contributed by atoms with van der Waals surface area (Å²) in [6.45, 7) is 2.48. The van der Waals surface area contributed by atoms with E-state index in [1.165, 1.54) is 0 Å². The Hall–Kier alpha value is -3.56. The third kappa shape index (κ3) is 4.64. The predicted molar refractivity (Wildman–Crippen MR) is 121 cm³/mol. The second kappa shape index (κ2) is 9.93. The van der Waals surface area contributed by atoms with E-state index in [0.717, 1.165) is 24.0 Å². The summed E-state index contributed by atoms with van der Waals surface area (Å²) >= 11 is 0. The molecule has 1 atom stereocenters. The molecule has 1 aliphatic heterocycles. The van der Waals surface area contributed by atoms with E-state index in [4.69, 9.17) is 15.2 Å². The Labute approximate surface area is 191 Å². The number of hydrogen-bond acceptors (Lipinski definition) is 6. The fourth-order valence-corrected chi connectivity index (χ4v) is 3.92. The Morgan fingerprint density at radius 1 is 1.15 bits per heavy atom. The summed E-state index contributed by atoms with van der Waals surface area (Å²) in [6, 6.07) is 12.4. The van der Waals surface area contributed by atoms with Gasteiger partial charge in [0, 0.05) is 18.0 Å². The lowest BCUT2D eigenvalue weighted by Gasteiger charge is -2.33. The summed E-state index contributed by atoms with van der Waals surface area (Å²) in [5, 5.41) is 7.31. The van der Waals surface area contributed by atoms with E-state index in [0.29, 0.717) is 17.8 Å². The van der Waals surface area contributed by atoms with Gasteiger partial charge in [-0.2, -0.15) is 5.10 Å². The van der Waals surface area contributed by atoms with E-state index in [9.17, 15) is 9.59 Å². The van der Waals surface area contributed by atoms with Crippen LogP contribution in [0.3, 0.4) is 0 Å². The van der Waals surface area contributed by atoms with E-state index in [1.807, 2.05) is 43.5 Å². The van der Waals surface area contributed by atoms with Gasteiger partial charge in [0.25, 0.3) is 17.6 Å². The fraction of sp³-hybridized carbons (Fsp3) is 0.333. The summed E-state index contributed by atoms with van der Waals surface area (Å²) < 4.78 is 12.8. The van der Waals surface area contributed by atoms with Gasteiger partial charge in [-0.05, 0) is 24.1 Å². The number of nitrogens with two attached hydrogens (primary N) is 1. The molecule has 1 aromatic carbocycles. The van der Waals surface area contributed by atoms with Crippen LogP contribution >= 0.6 is 0 Å². The number of ether oxygens (including phenoxy) is 2. The lowest BCUT2D eigenvalue weighted by Crippen LogP contribution is -2.60. The molecule has 0 radical (unpaired) electrons. The fourth-order valence-electron chi connectivity index (χ4n) is 3.92. The highest BCUT2D eigenvalue weighted by atomic mass is 16.7. The number of nitrogens with zero attached hydrogens (tertiary/aromatic N) is 3. The van der Waals surface area contributed by atoms with Crippen LogP contribution in [0.25, 0.3) is 16.9 Å². The molecule has 9 heteroatoms. The minimum atomic E-state index is -1.68. The maximum Gasteiger partial charge on any atom is 0.280 e. The molecule has 0 spiro atoms. The van der Waals surface area contributed by atoms with E-state index in [2.05, 4.69) is 15.4 Å². The molecular weight excluding hydrogens is 422 g/mol. The second-order valence-electron chi connectivity index (χ2n) is 7.81. The number of nitrogens with one attached hydrogen (secondary N) is 1. The highest BCUT2D eigenvalue weighted by molar-refractivity contribution is 5.98. The number of primary amides is 1. The molecule has 33 heavy (non-hydrogen) atoms. The zero-order valence-electron chi connectivity index (χ0n) is 18.4. The summed E-state index contributed by atoms with van der Waals surface area (Å²) in [5.74, 6) is -2.49. The molecule has 9 nitrogen and oxygen atoms in total. The molecule has 0 saturated carbocycles. The zero-order chi connectivity index (χ0) is 23.3. The molecule has 3 N–H and O–H groups in total. The first-order chi connectivity index (χ1) is 16.0. The average Bonchev–Trinajstić information content (AvgIpc) is 3.53. The summed E-state index contributed by atoms with van der Waals surface area (Å²) in [6.07, 6.45) is 7.23. The van der Waals surface area contributed by atoms with Crippen LogP contribution in [-0.2, 0) is 14.3 Å². The SMILES string of the molecule is CCCCC(NC(=O)c1cccnc1-n1cc(-c2ccccc2)cn1)C1(C(N)=O)OCCO1. The van der Waals surface area contributed by atoms with Crippen molar-refractivity contribution in [1.29, 1.82) is 0 Å². The van der Waals surface area contributed by atoms with Gasteiger partial charge >= 0.3 is 0 Å². The van der Waals surface area contributed by atoms with Crippen molar-refractivity contribution in [3.63, 3.8) is 0 Å². The minimum Gasteiger partial charge on any atom is -0.365 e. The van der Waals surface area contributed by atoms with Crippen molar-refractivity contribution in [1.82, 2.24) is 20.1 Å².